The molecule has 0 atom stereocenters. The molecule has 2 amide bonds. The Balaban J connectivity index is 0.00000151. The van der Waals surface area contributed by atoms with Crippen LogP contribution in [0.4, 0.5) is 10.5 Å². The molecule has 1 heterocycles. The molecule has 1 aromatic carbocycles. The highest BCUT2D eigenvalue weighted by Gasteiger charge is 2.29. The van der Waals surface area contributed by atoms with Gasteiger partial charge in [-0.25, -0.2) is 4.79 Å². The van der Waals surface area contributed by atoms with E-state index in [1.54, 1.807) is 23.9 Å². The molecule has 1 aromatic rings. The number of ether oxygens (including phenoxy) is 1. The van der Waals surface area contributed by atoms with Gasteiger partial charge in [0.1, 0.15) is 5.60 Å². The number of nitrogens with one attached hydrogen (secondary N) is 1. The highest BCUT2D eigenvalue weighted by molar-refractivity contribution is 5.81. The predicted octanol–water partition coefficient (Wildman–Crippen LogP) is 3.46. The van der Waals surface area contributed by atoms with E-state index in [1.165, 1.54) is 0 Å². The van der Waals surface area contributed by atoms with Crippen molar-refractivity contribution in [3.63, 3.8) is 0 Å². The Labute approximate surface area is 151 Å². The molecule has 0 fully saturated rings. The number of fused-ring (bicyclic) bond motifs is 1. The second-order valence-corrected chi connectivity index (χ2v) is 6.92. The first-order valence-corrected chi connectivity index (χ1v) is 8.70. The molecular formula is C19H31N3O3. The molecule has 6 nitrogen and oxygen atoms in total. The van der Waals surface area contributed by atoms with Gasteiger partial charge in [0.25, 0.3) is 0 Å². The fraction of sp³-hybridized carbons (Fsp3) is 0.579. The number of amides is 2. The number of anilines is 1. The number of hydrogen-bond acceptors (Lipinski definition) is 4. The van der Waals surface area contributed by atoms with E-state index < -0.39 is 5.60 Å². The summed E-state index contributed by atoms with van der Waals surface area (Å²) in [6, 6.07) is 5.86. The smallest absolute Gasteiger partial charge is 0.410 e. The molecule has 0 bridgehead atoms. The minimum Gasteiger partial charge on any atom is -0.444 e. The number of benzene rings is 1. The molecule has 1 N–H and O–H groups in total. The maximum atomic E-state index is 12.2. The minimum absolute atomic E-state index is 0.00426. The molecule has 2 rings (SSSR count). The topological polar surface area (TPSA) is 61.9 Å². The van der Waals surface area contributed by atoms with E-state index in [2.05, 4.69) is 5.32 Å². The zero-order valence-electron chi connectivity index (χ0n) is 16.5. The first kappa shape index (κ1) is 20.8. The van der Waals surface area contributed by atoms with Crippen molar-refractivity contribution in [3.05, 3.63) is 29.3 Å². The summed E-state index contributed by atoms with van der Waals surface area (Å²) in [5.41, 5.74) is 2.51. The lowest BCUT2D eigenvalue weighted by Crippen LogP contribution is -2.33. The van der Waals surface area contributed by atoms with Crippen LogP contribution in [0.25, 0.3) is 0 Å². The molecule has 25 heavy (non-hydrogen) atoms. The highest BCUT2D eigenvalue weighted by atomic mass is 16.6. The fourth-order valence-electron chi connectivity index (χ4n) is 2.37. The normalized spacial score (nSPS) is 12.7. The van der Waals surface area contributed by atoms with Crippen molar-refractivity contribution in [2.75, 3.05) is 26.0 Å². The van der Waals surface area contributed by atoms with Crippen LogP contribution in [0.2, 0.25) is 0 Å². The minimum atomic E-state index is -0.509. The van der Waals surface area contributed by atoms with Crippen molar-refractivity contribution in [2.45, 2.75) is 53.3 Å². The fourth-order valence-corrected chi connectivity index (χ4v) is 2.37. The molecule has 0 radical (unpaired) electrons. The highest BCUT2D eigenvalue weighted by Crippen LogP contribution is 2.30. The van der Waals surface area contributed by atoms with Gasteiger partial charge in [-0.15, -0.1) is 0 Å². The predicted molar refractivity (Wildman–Crippen MR) is 100 cm³/mol. The van der Waals surface area contributed by atoms with Crippen LogP contribution >= 0.6 is 0 Å². The Morgan fingerprint density at radius 3 is 2.40 bits per heavy atom. The molecular weight excluding hydrogens is 318 g/mol. The van der Waals surface area contributed by atoms with Crippen molar-refractivity contribution in [2.24, 2.45) is 0 Å². The molecule has 0 spiro atoms. The van der Waals surface area contributed by atoms with E-state index in [4.69, 9.17) is 4.74 Å². The van der Waals surface area contributed by atoms with Gasteiger partial charge in [-0.05, 0) is 38.0 Å². The third-order valence-corrected chi connectivity index (χ3v) is 3.56. The van der Waals surface area contributed by atoms with Crippen LogP contribution in [0.3, 0.4) is 0 Å². The average molecular weight is 349 g/mol. The quantitative estimate of drug-likeness (QED) is 0.908. The van der Waals surface area contributed by atoms with Crippen LogP contribution in [-0.2, 0) is 22.6 Å². The summed E-state index contributed by atoms with van der Waals surface area (Å²) in [5.74, 6) is 0.00426. The van der Waals surface area contributed by atoms with Crippen LogP contribution in [0.1, 0.15) is 45.7 Å². The third-order valence-electron chi connectivity index (χ3n) is 3.56. The Bertz CT molecular complexity index is 606. The molecule has 0 saturated heterocycles. The second-order valence-electron chi connectivity index (χ2n) is 6.92. The van der Waals surface area contributed by atoms with Crippen LogP contribution < -0.4 is 5.32 Å². The zero-order chi connectivity index (χ0) is 19.2. The Hall–Kier alpha value is -2.24. The number of likely N-dealkylation sites (N-methyl/N-ethyl adjacent to an activating group) is 1. The zero-order valence-corrected chi connectivity index (χ0v) is 16.5. The van der Waals surface area contributed by atoms with Gasteiger partial charge in [0.15, 0.2) is 0 Å². The monoisotopic (exact) mass is 349 g/mol. The first-order chi connectivity index (χ1) is 11.7. The maximum Gasteiger partial charge on any atom is 0.410 e. The van der Waals surface area contributed by atoms with Crippen LogP contribution in [0, 0.1) is 0 Å². The van der Waals surface area contributed by atoms with Gasteiger partial charge < -0.3 is 15.0 Å². The molecule has 0 unspecified atom stereocenters. The van der Waals surface area contributed by atoms with Gasteiger partial charge in [0, 0.05) is 26.3 Å². The van der Waals surface area contributed by atoms with Crippen LogP contribution in [-0.4, -0.2) is 48.0 Å². The van der Waals surface area contributed by atoms with Crippen LogP contribution in [0.15, 0.2) is 18.2 Å². The van der Waals surface area contributed by atoms with E-state index in [0.29, 0.717) is 13.1 Å². The van der Waals surface area contributed by atoms with Gasteiger partial charge in [0.2, 0.25) is 5.91 Å². The summed E-state index contributed by atoms with van der Waals surface area (Å²) >= 11 is 0. The molecule has 1 aliphatic heterocycles. The Morgan fingerprint density at radius 1 is 1.20 bits per heavy atom. The first-order valence-electron chi connectivity index (χ1n) is 8.70. The van der Waals surface area contributed by atoms with Gasteiger partial charge in [-0.1, -0.05) is 26.0 Å². The lowest BCUT2D eigenvalue weighted by Gasteiger charge is -2.24. The van der Waals surface area contributed by atoms with E-state index in [9.17, 15) is 9.59 Å². The van der Waals surface area contributed by atoms with Gasteiger partial charge >= 0.3 is 6.09 Å². The van der Waals surface area contributed by atoms with Crippen molar-refractivity contribution in [1.82, 2.24) is 9.80 Å². The molecule has 0 saturated carbocycles. The van der Waals surface area contributed by atoms with E-state index in [1.807, 2.05) is 52.8 Å². The summed E-state index contributed by atoms with van der Waals surface area (Å²) in [7, 11) is 3.45. The standard InChI is InChI=1S/C17H25N3O3.C2H6/c1-17(2,3)23-16(22)20-10-12-7-6-8-14(13(12)11-20)18-9-15(21)19(4)5;1-2/h6-8,18H,9-11H2,1-5H3;1-2H3. The van der Waals surface area contributed by atoms with Crippen molar-refractivity contribution < 1.29 is 14.3 Å². The van der Waals surface area contributed by atoms with E-state index >= 15 is 0 Å². The number of hydrogen-bond donors (Lipinski definition) is 1. The second kappa shape index (κ2) is 8.74. The lowest BCUT2D eigenvalue weighted by atomic mass is 10.1. The summed E-state index contributed by atoms with van der Waals surface area (Å²) in [6.45, 7) is 10.8. The number of nitrogens with zero attached hydrogens (tertiary/aromatic N) is 2. The Kier molecular flexibility index (Phi) is 7.27. The summed E-state index contributed by atoms with van der Waals surface area (Å²) in [6.07, 6.45) is -0.316. The van der Waals surface area contributed by atoms with Gasteiger partial charge in [0.05, 0.1) is 13.1 Å². The van der Waals surface area contributed by atoms with E-state index in [-0.39, 0.29) is 18.5 Å². The van der Waals surface area contributed by atoms with Crippen molar-refractivity contribution in [1.29, 1.82) is 0 Å². The molecule has 0 aliphatic carbocycles. The van der Waals surface area contributed by atoms with Crippen molar-refractivity contribution >= 4 is 17.7 Å². The molecule has 1 aliphatic rings. The largest absolute Gasteiger partial charge is 0.444 e. The van der Waals surface area contributed by atoms with Gasteiger partial charge in [-0.2, -0.15) is 0 Å². The summed E-state index contributed by atoms with van der Waals surface area (Å²) < 4.78 is 5.43. The molecule has 6 heteroatoms. The third kappa shape index (κ3) is 5.96. The number of carbonyl (C=O) groups is 2. The van der Waals surface area contributed by atoms with Gasteiger partial charge in [-0.3, -0.25) is 9.69 Å². The Morgan fingerprint density at radius 2 is 1.84 bits per heavy atom. The average Bonchev–Trinajstić information content (AvgIpc) is 2.97. The molecule has 140 valence electrons. The van der Waals surface area contributed by atoms with E-state index in [0.717, 1.165) is 16.8 Å². The molecule has 0 aromatic heterocycles. The lowest BCUT2D eigenvalue weighted by molar-refractivity contribution is -0.126. The number of carbonyl (C=O) groups excluding carboxylic acids is 2. The SMILES string of the molecule is CC.CN(C)C(=O)CNc1cccc2c1CN(C(=O)OC(C)(C)C)C2. The van der Waals surface area contributed by atoms with Crippen LogP contribution in [0.5, 0.6) is 0 Å². The van der Waals surface area contributed by atoms with Crippen molar-refractivity contribution in [3.8, 4) is 0 Å². The number of rotatable bonds is 3. The summed E-state index contributed by atoms with van der Waals surface area (Å²) in [5, 5.41) is 3.16. The summed E-state index contributed by atoms with van der Waals surface area (Å²) in [4.78, 5) is 27.2. The maximum absolute atomic E-state index is 12.2.